The first-order valence-electron chi connectivity index (χ1n) is 8.24. The van der Waals surface area contributed by atoms with E-state index in [-0.39, 0.29) is 24.2 Å². The van der Waals surface area contributed by atoms with Crippen molar-refractivity contribution in [3.8, 4) is 0 Å². The van der Waals surface area contributed by atoms with Crippen LogP contribution in [0.25, 0.3) is 0 Å². The molecule has 0 aromatic heterocycles. The molecular weight excluding hydrogens is 402 g/mol. The third-order valence-electron chi connectivity index (χ3n) is 3.93. The molecule has 2 aromatic carbocycles. The summed E-state index contributed by atoms with van der Waals surface area (Å²) in [5.74, 6) is -1.78. The van der Waals surface area contributed by atoms with Crippen LogP contribution in [0.2, 0.25) is 0 Å². The second-order valence-electron chi connectivity index (χ2n) is 6.29. The number of benzene rings is 2. The molecule has 0 saturated carbocycles. The molecule has 0 radical (unpaired) electrons. The average molecular weight is 418 g/mol. The van der Waals surface area contributed by atoms with Crippen molar-refractivity contribution >= 4 is 11.8 Å². The van der Waals surface area contributed by atoms with Gasteiger partial charge in [-0.05, 0) is 35.4 Å². The second-order valence-corrected chi connectivity index (χ2v) is 6.29. The molecule has 2 N–H and O–H groups in total. The smallest absolute Gasteiger partial charge is 0.369 e. The predicted molar refractivity (Wildman–Crippen MR) is 91.0 cm³/mol. The fourth-order valence-electron chi connectivity index (χ4n) is 2.63. The van der Waals surface area contributed by atoms with Crippen molar-refractivity contribution < 1.29 is 35.9 Å². The number of nitrogens with zero attached hydrogens (tertiary/aromatic N) is 1. The summed E-state index contributed by atoms with van der Waals surface area (Å²) in [4.78, 5) is 24.4. The van der Waals surface area contributed by atoms with Crippen LogP contribution in [0.5, 0.6) is 0 Å². The maximum atomic E-state index is 12.9. The minimum Gasteiger partial charge on any atom is -0.369 e. The molecule has 0 saturated heterocycles. The van der Waals surface area contributed by atoms with E-state index in [0.29, 0.717) is 0 Å². The molecule has 0 unspecified atom stereocenters. The fraction of sp³-hybridized carbons (Fsp3) is 0.263. The van der Waals surface area contributed by atoms with Gasteiger partial charge in [0.15, 0.2) is 0 Å². The van der Waals surface area contributed by atoms with Gasteiger partial charge >= 0.3 is 12.4 Å². The molecule has 0 spiro atoms. The van der Waals surface area contributed by atoms with Crippen LogP contribution in [0.3, 0.4) is 0 Å². The van der Waals surface area contributed by atoms with Crippen molar-refractivity contribution in [2.24, 2.45) is 5.73 Å². The van der Waals surface area contributed by atoms with Crippen LogP contribution in [-0.4, -0.2) is 16.7 Å². The highest BCUT2D eigenvalue weighted by molar-refractivity contribution is 5.96. The van der Waals surface area contributed by atoms with Crippen LogP contribution >= 0.6 is 0 Å². The van der Waals surface area contributed by atoms with Crippen molar-refractivity contribution in [1.82, 2.24) is 4.90 Å². The number of hydrogen-bond acceptors (Lipinski definition) is 2. The van der Waals surface area contributed by atoms with E-state index >= 15 is 0 Å². The van der Waals surface area contributed by atoms with Gasteiger partial charge in [-0.1, -0.05) is 24.3 Å². The Morgan fingerprint density at radius 2 is 1.21 bits per heavy atom. The summed E-state index contributed by atoms with van der Waals surface area (Å²) in [6.07, 6.45) is -9.92. The van der Waals surface area contributed by atoms with E-state index in [1.165, 1.54) is 12.1 Å². The molecule has 0 fully saturated rings. The molecule has 0 aliphatic heterocycles. The van der Waals surface area contributed by atoms with E-state index in [0.717, 1.165) is 41.3 Å². The number of nitrogens with two attached hydrogens (primary N) is 1. The molecule has 156 valence electrons. The van der Waals surface area contributed by atoms with Gasteiger partial charge in [-0.2, -0.15) is 26.3 Å². The Morgan fingerprint density at radius 3 is 1.55 bits per heavy atom. The number of amides is 2. The summed E-state index contributed by atoms with van der Waals surface area (Å²) in [6, 6.07) is 8.35. The van der Waals surface area contributed by atoms with Gasteiger partial charge in [0.2, 0.25) is 11.8 Å². The molecule has 2 amide bonds. The zero-order chi connectivity index (χ0) is 21.8. The van der Waals surface area contributed by atoms with Crippen molar-refractivity contribution in [2.45, 2.75) is 31.9 Å². The molecule has 10 heteroatoms. The molecule has 0 heterocycles. The second kappa shape index (κ2) is 8.54. The van der Waals surface area contributed by atoms with Gasteiger partial charge in [-0.3, -0.25) is 9.59 Å². The summed E-state index contributed by atoms with van der Waals surface area (Å²) in [6.45, 7) is -0.682. The van der Waals surface area contributed by atoms with Gasteiger partial charge < -0.3 is 10.6 Å². The number of primary amides is 1. The summed E-state index contributed by atoms with van der Waals surface area (Å²) >= 11 is 0. The van der Waals surface area contributed by atoms with Gasteiger partial charge in [0.1, 0.15) is 6.42 Å². The Bertz CT molecular complexity index is 833. The number of carbonyl (C=O) groups excluding carboxylic acids is 2. The lowest BCUT2D eigenvalue weighted by atomic mass is 10.1. The molecule has 4 nitrogen and oxygen atoms in total. The van der Waals surface area contributed by atoms with E-state index in [2.05, 4.69) is 0 Å². The maximum absolute atomic E-state index is 12.9. The van der Waals surface area contributed by atoms with E-state index in [1.807, 2.05) is 0 Å². The first-order chi connectivity index (χ1) is 13.4. The van der Waals surface area contributed by atoms with Gasteiger partial charge in [-0.25, -0.2) is 0 Å². The number of carbonyl (C=O) groups is 2. The van der Waals surface area contributed by atoms with E-state index in [9.17, 15) is 35.9 Å². The number of halogens is 6. The van der Waals surface area contributed by atoms with Crippen LogP contribution in [-0.2, 0) is 35.0 Å². The molecule has 0 aliphatic carbocycles. The SMILES string of the molecule is NC(=O)CC(=O)N(Cc1cccc(C(F)(F)F)c1)Cc1cccc(C(F)(F)F)c1. The standard InChI is InChI=1S/C19H16F6N2O2/c20-18(21,22)14-5-1-3-12(7-14)10-27(17(29)9-16(26)28)11-13-4-2-6-15(8-13)19(23,24)25/h1-8H,9-11H2,(H2,26,28). The average Bonchev–Trinajstić information content (AvgIpc) is 2.59. The van der Waals surface area contributed by atoms with E-state index < -0.39 is 41.7 Å². The highest BCUT2D eigenvalue weighted by Crippen LogP contribution is 2.31. The lowest BCUT2D eigenvalue weighted by molar-refractivity contribution is -0.138. The van der Waals surface area contributed by atoms with Crippen molar-refractivity contribution in [3.05, 3.63) is 70.8 Å². The molecule has 2 aromatic rings. The molecular formula is C19H16F6N2O2. The van der Waals surface area contributed by atoms with Crippen molar-refractivity contribution in [2.75, 3.05) is 0 Å². The normalized spacial score (nSPS) is 11.9. The summed E-state index contributed by atoms with van der Waals surface area (Å²) in [5.41, 5.74) is 3.33. The third kappa shape index (κ3) is 6.51. The maximum Gasteiger partial charge on any atom is 0.416 e. The molecule has 0 bridgehead atoms. The molecule has 2 rings (SSSR count). The monoisotopic (exact) mass is 418 g/mol. The van der Waals surface area contributed by atoms with Crippen molar-refractivity contribution in [1.29, 1.82) is 0 Å². The molecule has 0 atom stereocenters. The Morgan fingerprint density at radius 1 is 0.793 bits per heavy atom. The van der Waals surface area contributed by atoms with Gasteiger partial charge in [0, 0.05) is 13.1 Å². The Hall–Kier alpha value is -3.04. The van der Waals surface area contributed by atoms with Crippen molar-refractivity contribution in [3.63, 3.8) is 0 Å². The topological polar surface area (TPSA) is 63.4 Å². The fourth-order valence-corrected chi connectivity index (χ4v) is 2.63. The molecule has 29 heavy (non-hydrogen) atoms. The highest BCUT2D eigenvalue weighted by Gasteiger charge is 2.31. The zero-order valence-corrected chi connectivity index (χ0v) is 14.8. The van der Waals surface area contributed by atoms with Gasteiger partial charge in [0.25, 0.3) is 0 Å². The molecule has 0 aliphatic rings. The minimum atomic E-state index is -4.60. The van der Waals surface area contributed by atoms with Crippen LogP contribution in [0.1, 0.15) is 28.7 Å². The summed E-state index contributed by atoms with van der Waals surface area (Å²) in [7, 11) is 0. The first kappa shape index (κ1) is 22.3. The van der Waals surface area contributed by atoms with Crippen LogP contribution in [0.4, 0.5) is 26.3 Å². The van der Waals surface area contributed by atoms with Crippen LogP contribution in [0.15, 0.2) is 48.5 Å². The Balaban J connectivity index is 2.31. The van der Waals surface area contributed by atoms with Gasteiger partial charge in [0.05, 0.1) is 11.1 Å². The number of hydrogen-bond donors (Lipinski definition) is 1. The van der Waals surface area contributed by atoms with Gasteiger partial charge in [-0.15, -0.1) is 0 Å². The predicted octanol–water partition coefficient (Wildman–Crippen LogP) is 4.13. The number of alkyl halides is 6. The van der Waals surface area contributed by atoms with Crippen LogP contribution < -0.4 is 5.73 Å². The lowest BCUT2D eigenvalue weighted by Gasteiger charge is -2.23. The highest BCUT2D eigenvalue weighted by atomic mass is 19.4. The third-order valence-corrected chi connectivity index (χ3v) is 3.93. The Labute approximate surface area is 161 Å². The Kier molecular flexibility index (Phi) is 6.55. The minimum absolute atomic E-state index is 0.102. The largest absolute Gasteiger partial charge is 0.416 e. The zero-order valence-electron chi connectivity index (χ0n) is 14.8. The summed E-state index contributed by atoms with van der Waals surface area (Å²) < 4.78 is 77.3. The summed E-state index contributed by atoms with van der Waals surface area (Å²) in [5, 5.41) is 0. The van der Waals surface area contributed by atoms with Crippen LogP contribution in [0, 0.1) is 0 Å². The quantitative estimate of drug-likeness (QED) is 0.567. The number of rotatable bonds is 6. The van der Waals surface area contributed by atoms with E-state index in [4.69, 9.17) is 5.73 Å². The van der Waals surface area contributed by atoms with E-state index in [1.54, 1.807) is 0 Å². The first-order valence-corrected chi connectivity index (χ1v) is 8.24. The lowest BCUT2D eigenvalue weighted by Crippen LogP contribution is -2.33.